The van der Waals surface area contributed by atoms with E-state index in [-0.39, 0.29) is 11.9 Å². The summed E-state index contributed by atoms with van der Waals surface area (Å²) >= 11 is 0. The molecule has 1 aromatic carbocycles. The summed E-state index contributed by atoms with van der Waals surface area (Å²) in [6.45, 7) is 6.86. The fourth-order valence-electron chi connectivity index (χ4n) is 3.33. The van der Waals surface area contributed by atoms with Gasteiger partial charge in [0.15, 0.2) is 0 Å². The lowest BCUT2D eigenvalue weighted by Gasteiger charge is -2.40. The normalized spacial score (nSPS) is 20.0. The van der Waals surface area contributed by atoms with E-state index in [0.717, 1.165) is 24.0 Å². The topological polar surface area (TPSA) is 46.6 Å². The van der Waals surface area contributed by atoms with Crippen LogP contribution in [0.25, 0.3) is 0 Å². The third kappa shape index (κ3) is 3.97. The molecule has 1 atom stereocenters. The van der Waals surface area contributed by atoms with Crippen LogP contribution in [0.15, 0.2) is 24.3 Å². The molecule has 0 aliphatic carbocycles. The summed E-state index contributed by atoms with van der Waals surface area (Å²) in [5.41, 5.74) is 1.59. The molecule has 1 unspecified atom stereocenters. The van der Waals surface area contributed by atoms with Crippen LogP contribution in [-0.4, -0.2) is 36.5 Å². The van der Waals surface area contributed by atoms with Crippen molar-refractivity contribution in [3.8, 4) is 11.8 Å². The average molecular weight is 327 g/mol. The molecule has 1 fully saturated rings. The van der Waals surface area contributed by atoms with Crippen LogP contribution in [-0.2, 0) is 20.7 Å². The van der Waals surface area contributed by atoms with Gasteiger partial charge in [0.1, 0.15) is 0 Å². The molecule has 0 aromatic heterocycles. The molecular formula is C20H25NO3. The van der Waals surface area contributed by atoms with Gasteiger partial charge in [0.05, 0.1) is 12.0 Å². The van der Waals surface area contributed by atoms with Crippen molar-refractivity contribution in [1.29, 1.82) is 0 Å². The molecule has 1 aliphatic rings. The second-order valence-corrected chi connectivity index (χ2v) is 6.31. The van der Waals surface area contributed by atoms with Gasteiger partial charge in [0.2, 0.25) is 0 Å². The summed E-state index contributed by atoms with van der Waals surface area (Å²) in [5, 5.41) is 0. The van der Waals surface area contributed by atoms with Gasteiger partial charge >= 0.3 is 5.97 Å². The van der Waals surface area contributed by atoms with Crippen LogP contribution in [0, 0.1) is 24.2 Å². The lowest BCUT2D eigenvalue weighted by Crippen LogP contribution is -2.51. The maximum absolute atomic E-state index is 12.8. The monoisotopic (exact) mass is 327 g/mol. The van der Waals surface area contributed by atoms with Gasteiger partial charge in [-0.15, -0.1) is 0 Å². The van der Waals surface area contributed by atoms with Crippen molar-refractivity contribution in [1.82, 2.24) is 4.90 Å². The van der Waals surface area contributed by atoms with Gasteiger partial charge in [-0.1, -0.05) is 30.2 Å². The van der Waals surface area contributed by atoms with Crippen LogP contribution in [0.3, 0.4) is 0 Å². The Hall–Kier alpha value is -2.28. The average Bonchev–Trinajstić information content (AvgIpc) is 2.57. The van der Waals surface area contributed by atoms with E-state index in [1.54, 1.807) is 11.8 Å². The molecule has 0 saturated carbocycles. The number of nitrogens with zero attached hydrogens (tertiary/aromatic N) is 1. The standard InChI is InChI=1S/C20H25NO3/c1-4-9-18(22)21-13-8-12-20(15-21,19(23)24-5-2)14-17-11-7-6-10-16(17)3/h6-7,10-11H,5,8,12-15H2,1-3H3. The molecule has 0 spiro atoms. The molecule has 0 N–H and O–H groups in total. The summed E-state index contributed by atoms with van der Waals surface area (Å²) < 4.78 is 5.37. The summed E-state index contributed by atoms with van der Waals surface area (Å²) in [5.74, 6) is 4.81. The summed E-state index contributed by atoms with van der Waals surface area (Å²) in [4.78, 5) is 26.6. The highest BCUT2D eigenvalue weighted by molar-refractivity contribution is 5.94. The maximum Gasteiger partial charge on any atom is 0.314 e. The number of ether oxygens (including phenoxy) is 1. The van der Waals surface area contributed by atoms with E-state index in [1.807, 2.05) is 38.1 Å². The van der Waals surface area contributed by atoms with Crippen LogP contribution < -0.4 is 0 Å². The molecule has 1 saturated heterocycles. The molecule has 24 heavy (non-hydrogen) atoms. The first kappa shape index (κ1) is 18.1. The van der Waals surface area contributed by atoms with E-state index in [9.17, 15) is 9.59 Å². The highest BCUT2D eigenvalue weighted by Gasteiger charge is 2.44. The van der Waals surface area contributed by atoms with Crippen molar-refractivity contribution in [3.63, 3.8) is 0 Å². The van der Waals surface area contributed by atoms with E-state index in [1.165, 1.54) is 0 Å². The van der Waals surface area contributed by atoms with Crippen molar-refractivity contribution in [3.05, 3.63) is 35.4 Å². The van der Waals surface area contributed by atoms with Crippen molar-refractivity contribution < 1.29 is 14.3 Å². The quantitative estimate of drug-likeness (QED) is 0.631. The van der Waals surface area contributed by atoms with Crippen LogP contribution in [0.1, 0.15) is 37.8 Å². The Balaban J connectivity index is 2.32. The first-order valence-corrected chi connectivity index (χ1v) is 8.46. The molecule has 0 radical (unpaired) electrons. The third-order valence-electron chi connectivity index (χ3n) is 4.59. The first-order valence-electron chi connectivity index (χ1n) is 8.46. The van der Waals surface area contributed by atoms with Gasteiger partial charge in [0.25, 0.3) is 5.91 Å². The maximum atomic E-state index is 12.8. The fourth-order valence-corrected chi connectivity index (χ4v) is 3.33. The van der Waals surface area contributed by atoms with Gasteiger partial charge < -0.3 is 9.64 Å². The number of hydrogen-bond donors (Lipinski definition) is 0. The molecule has 1 aromatic rings. The Labute approximate surface area is 144 Å². The number of hydrogen-bond acceptors (Lipinski definition) is 3. The largest absolute Gasteiger partial charge is 0.466 e. The lowest BCUT2D eigenvalue weighted by atomic mass is 9.74. The SMILES string of the molecule is CC#CC(=O)N1CCCC(Cc2ccccc2C)(C(=O)OCC)C1. The minimum absolute atomic E-state index is 0.212. The number of carbonyl (C=O) groups is 2. The Kier molecular flexibility index (Phi) is 6.03. The summed E-state index contributed by atoms with van der Waals surface area (Å²) in [7, 11) is 0. The predicted molar refractivity (Wildman–Crippen MR) is 93.2 cm³/mol. The second-order valence-electron chi connectivity index (χ2n) is 6.31. The van der Waals surface area contributed by atoms with Crippen LogP contribution in [0.5, 0.6) is 0 Å². The summed E-state index contributed by atoms with van der Waals surface area (Å²) in [6, 6.07) is 8.06. The number of aryl methyl sites for hydroxylation is 1. The van der Waals surface area contributed by atoms with E-state index >= 15 is 0 Å². The van der Waals surface area contributed by atoms with Crippen molar-refractivity contribution in [2.45, 2.75) is 40.0 Å². The molecule has 2 rings (SSSR count). The van der Waals surface area contributed by atoms with Gasteiger partial charge in [-0.05, 0) is 57.1 Å². The number of amides is 1. The molecular weight excluding hydrogens is 302 g/mol. The minimum Gasteiger partial charge on any atom is -0.466 e. The summed E-state index contributed by atoms with van der Waals surface area (Å²) in [6.07, 6.45) is 2.09. The van der Waals surface area contributed by atoms with Gasteiger partial charge in [-0.3, -0.25) is 9.59 Å². The Bertz CT molecular complexity index is 671. The number of likely N-dealkylation sites (tertiary alicyclic amines) is 1. The first-order chi connectivity index (χ1) is 11.5. The van der Waals surface area contributed by atoms with Crippen molar-refractivity contribution >= 4 is 11.9 Å². The van der Waals surface area contributed by atoms with E-state index < -0.39 is 5.41 Å². The van der Waals surface area contributed by atoms with Crippen molar-refractivity contribution in [2.24, 2.45) is 5.41 Å². The predicted octanol–water partition coefficient (Wildman–Crippen LogP) is 2.73. The molecule has 128 valence electrons. The highest BCUT2D eigenvalue weighted by Crippen LogP contribution is 2.36. The zero-order valence-electron chi connectivity index (χ0n) is 14.7. The molecule has 4 nitrogen and oxygen atoms in total. The Morgan fingerprint density at radius 3 is 2.75 bits per heavy atom. The number of benzene rings is 1. The van der Waals surface area contributed by atoms with Gasteiger partial charge in [-0.2, -0.15) is 0 Å². The molecule has 1 aliphatic heterocycles. The van der Waals surface area contributed by atoms with Gasteiger partial charge in [0, 0.05) is 13.1 Å². The smallest absolute Gasteiger partial charge is 0.314 e. The van der Waals surface area contributed by atoms with Crippen LogP contribution in [0.4, 0.5) is 0 Å². The van der Waals surface area contributed by atoms with Crippen LogP contribution in [0.2, 0.25) is 0 Å². The molecule has 0 bridgehead atoms. The number of rotatable bonds is 4. The van der Waals surface area contributed by atoms with Crippen molar-refractivity contribution in [2.75, 3.05) is 19.7 Å². The van der Waals surface area contributed by atoms with Gasteiger partial charge in [-0.25, -0.2) is 0 Å². The number of esters is 1. The van der Waals surface area contributed by atoms with E-state index in [2.05, 4.69) is 11.8 Å². The lowest BCUT2D eigenvalue weighted by molar-refractivity contribution is -0.160. The third-order valence-corrected chi connectivity index (χ3v) is 4.59. The molecule has 1 amide bonds. The second kappa shape index (κ2) is 8.01. The molecule has 1 heterocycles. The Morgan fingerprint density at radius 1 is 1.33 bits per heavy atom. The van der Waals surface area contributed by atoms with E-state index in [4.69, 9.17) is 4.74 Å². The number of carbonyl (C=O) groups excluding carboxylic acids is 2. The molecule has 4 heteroatoms. The zero-order valence-corrected chi connectivity index (χ0v) is 14.7. The fraction of sp³-hybridized carbons (Fsp3) is 0.500. The number of piperidine rings is 1. The Morgan fingerprint density at radius 2 is 2.08 bits per heavy atom. The van der Waals surface area contributed by atoms with E-state index in [0.29, 0.717) is 26.1 Å². The van der Waals surface area contributed by atoms with Crippen LogP contribution >= 0.6 is 0 Å². The zero-order chi connectivity index (χ0) is 17.6. The highest BCUT2D eigenvalue weighted by atomic mass is 16.5. The minimum atomic E-state index is -0.689.